The monoisotopic (exact) mass is 551 g/mol. The van der Waals surface area contributed by atoms with Crippen molar-refractivity contribution >= 4 is 43.5 Å². The van der Waals surface area contributed by atoms with Gasteiger partial charge in [-0.3, -0.25) is 13.9 Å². The second kappa shape index (κ2) is 11.8. The summed E-state index contributed by atoms with van der Waals surface area (Å²) in [4.78, 5) is 27.9. The number of aryl methyl sites for hydroxylation is 2. The van der Waals surface area contributed by atoms with Crippen LogP contribution in [-0.4, -0.2) is 50.0 Å². The van der Waals surface area contributed by atoms with Gasteiger partial charge < -0.3 is 10.2 Å². The van der Waals surface area contributed by atoms with Crippen molar-refractivity contribution in [1.82, 2.24) is 10.2 Å². The molecule has 1 N–H and O–H groups in total. The van der Waals surface area contributed by atoms with Crippen LogP contribution in [-0.2, 0) is 26.2 Å². The zero-order valence-electron chi connectivity index (χ0n) is 20.6. The number of hydrogen-bond acceptors (Lipinski definition) is 4. The van der Waals surface area contributed by atoms with Gasteiger partial charge in [0.2, 0.25) is 21.8 Å². The van der Waals surface area contributed by atoms with Gasteiger partial charge >= 0.3 is 0 Å². The van der Waals surface area contributed by atoms with E-state index in [1.165, 1.54) is 4.90 Å². The fraction of sp³-hybridized carbons (Fsp3) is 0.440. The highest BCUT2D eigenvalue weighted by Gasteiger charge is 2.30. The van der Waals surface area contributed by atoms with Crippen LogP contribution in [0.5, 0.6) is 0 Å². The molecular formula is C25H34BrN3O4S. The average molecular weight is 553 g/mol. The molecule has 0 unspecified atom stereocenters. The molecule has 0 saturated carbocycles. The fourth-order valence-electron chi connectivity index (χ4n) is 3.37. The maximum atomic E-state index is 13.5. The van der Waals surface area contributed by atoms with Crippen LogP contribution in [0.3, 0.4) is 0 Å². The van der Waals surface area contributed by atoms with E-state index < -0.39 is 28.5 Å². The first-order chi connectivity index (χ1) is 15.8. The Hall–Kier alpha value is -2.39. The number of halogens is 1. The lowest BCUT2D eigenvalue weighted by atomic mass is 10.1. The van der Waals surface area contributed by atoms with E-state index in [1.54, 1.807) is 19.1 Å². The minimum Gasteiger partial charge on any atom is -0.352 e. The fourth-order valence-corrected chi connectivity index (χ4v) is 4.66. The lowest BCUT2D eigenvalue weighted by Gasteiger charge is -2.32. The molecule has 0 radical (unpaired) electrons. The van der Waals surface area contributed by atoms with Crippen LogP contribution in [0.1, 0.15) is 43.9 Å². The molecule has 0 heterocycles. The molecule has 2 rings (SSSR count). The summed E-state index contributed by atoms with van der Waals surface area (Å²) in [6, 6.07) is 11.9. The van der Waals surface area contributed by atoms with Gasteiger partial charge in [-0.2, -0.15) is 0 Å². The molecule has 34 heavy (non-hydrogen) atoms. The van der Waals surface area contributed by atoms with Gasteiger partial charge in [0.05, 0.1) is 11.9 Å². The van der Waals surface area contributed by atoms with E-state index in [0.717, 1.165) is 38.1 Å². The molecule has 0 aliphatic rings. The van der Waals surface area contributed by atoms with Crippen LogP contribution in [0.25, 0.3) is 0 Å². The number of carbonyl (C=O) groups excluding carboxylic acids is 2. The molecule has 0 bridgehead atoms. The standard InChI is InChI=1S/C25H34BrN3O4S/c1-7-19(4)27-25(31)20(5)28(15-21-9-8-10-22(26)14-21)24(30)16-29(34(6,32)33)23-12-11-17(2)18(3)13-23/h8-14,19-20H,7,15-16H2,1-6H3,(H,27,31)/t19-,20-/m1/s1. The van der Waals surface area contributed by atoms with Gasteiger partial charge in [0.15, 0.2) is 0 Å². The van der Waals surface area contributed by atoms with Crippen molar-refractivity contribution in [2.24, 2.45) is 0 Å². The second-order valence-electron chi connectivity index (χ2n) is 8.68. The quantitative estimate of drug-likeness (QED) is 0.480. The minimum atomic E-state index is -3.75. The molecule has 7 nitrogen and oxygen atoms in total. The number of benzene rings is 2. The minimum absolute atomic E-state index is 0.0409. The van der Waals surface area contributed by atoms with E-state index in [2.05, 4.69) is 21.2 Å². The van der Waals surface area contributed by atoms with Crippen molar-refractivity contribution in [3.8, 4) is 0 Å². The normalized spacial score (nSPS) is 13.1. The smallest absolute Gasteiger partial charge is 0.244 e. The zero-order valence-corrected chi connectivity index (χ0v) is 23.0. The van der Waals surface area contributed by atoms with Crippen LogP contribution in [0.4, 0.5) is 5.69 Å². The van der Waals surface area contributed by atoms with Gasteiger partial charge in [0, 0.05) is 17.1 Å². The Bertz CT molecular complexity index is 1140. The molecule has 0 aliphatic carbocycles. The Balaban J connectivity index is 2.41. The van der Waals surface area contributed by atoms with Crippen molar-refractivity contribution in [2.45, 2.75) is 59.7 Å². The van der Waals surface area contributed by atoms with Crippen LogP contribution in [0.15, 0.2) is 46.9 Å². The van der Waals surface area contributed by atoms with Crippen molar-refractivity contribution in [1.29, 1.82) is 0 Å². The summed E-state index contributed by atoms with van der Waals surface area (Å²) in [5.41, 5.74) is 3.18. The topological polar surface area (TPSA) is 86.8 Å². The first kappa shape index (κ1) is 27.9. The summed E-state index contributed by atoms with van der Waals surface area (Å²) in [5, 5.41) is 2.92. The summed E-state index contributed by atoms with van der Waals surface area (Å²) < 4.78 is 27.2. The summed E-state index contributed by atoms with van der Waals surface area (Å²) in [5.74, 6) is -0.745. The average Bonchev–Trinajstić information content (AvgIpc) is 2.76. The molecule has 0 saturated heterocycles. The molecule has 0 aliphatic heterocycles. The van der Waals surface area contributed by atoms with E-state index in [4.69, 9.17) is 0 Å². The highest BCUT2D eigenvalue weighted by Crippen LogP contribution is 2.22. The maximum Gasteiger partial charge on any atom is 0.244 e. The van der Waals surface area contributed by atoms with Gasteiger partial charge in [-0.15, -0.1) is 0 Å². The van der Waals surface area contributed by atoms with Crippen molar-refractivity contribution < 1.29 is 18.0 Å². The molecule has 0 aromatic heterocycles. The lowest BCUT2D eigenvalue weighted by Crippen LogP contribution is -2.52. The maximum absolute atomic E-state index is 13.5. The first-order valence-corrected chi connectivity index (χ1v) is 13.9. The molecule has 0 spiro atoms. The molecule has 186 valence electrons. The predicted molar refractivity (Wildman–Crippen MR) is 140 cm³/mol. The van der Waals surface area contributed by atoms with Gasteiger partial charge in [-0.1, -0.05) is 41.1 Å². The highest BCUT2D eigenvalue weighted by atomic mass is 79.9. The summed E-state index contributed by atoms with van der Waals surface area (Å²) in [7, 11) is -3.75. The third-order valence-electron chi connectivity index (χ3n) is 5.87. The van der Waals surface area contributed by atoms with E-state index in [9.17, 15) is 18.0 Å². The molecule has 2 aromatic rings. The van der Waals surface area contributed by atoms with E-state index in [-0.39, 0.29) is 18.5 Å². The Morgan fingerprint density at radius 3 is 2.29 bits per heavy atom. The third-order valence-corrected chi connectivity index (χ3v) is 7.50. The third kappa shape index (κ3) is 7.56. The van der Waals surface area contributed by atoms with Crippen LogP contribution < -0.4 is 9.62 Å². The van der Waals surface area contributed by atoms with E-state index in [0.29, 0.717) is 5.69 Å². The number of hydrogen-bond donors (Lipinski definition) is 1. The van der Waals surface area contributed by atoms with Crippen LogP contribution >= 0.6 is 15.9 Å². The number of anilines is 1. The van der Waals surface area contributed by atoms with Crippen LogP contribution in [0, 0.1) is 13.8 Å². The molecule has 9 heteroatoms. The molecular weight excluding hydrogens is 518 g/mol. The summed E-state index contributed by atoms with van der Waals surface area (Å²) >= 11 is 3.44. The Kier molecular flexibility index (Phi) is 9.70. The number of rotatable bonds is 10. The van der Waals surface area contributed by atoms with Gasteiger partial charge in [-0.05, 0) is 75.1 Å². The van der Waals surface area contributed by atoms with Crippen LogP contribution in [0.2, 0.25) is 0 Å². The van der Waals surface area contributed by atoms with Crippen molar-refractivity contribution in [3.05, 3.63) is 63.6 Å². The Labute approximate surface area is 211 Å². The Morgan fingerprint density at radius 1 is 1.06 bits per heavy atom. The van der Waals surface area contributed by atoms with Crippen molar-refractivity contribution in [2.75, 3.05) is 17.1 Å². The SMILES string of the molecule is CC[C@@H](C)NC(=O)[C@@H](C)N(Cc1cccc(Br)c1)C(=O)CN(c1ccc(C)c(C)c1)S(C)(=O)=O. The number of sulfonamides is 1. The van der Waals surface area contributed by atoms with Gasteiger partial charge in [0.1, 0.15) is 12.6 Å². The molecule has 2 amide bonds. The van der Waals surface area contributed by atoms with Gasteiger partial charge in [0.25, 0.3) is 0 Å². The number of carbonyl (C=O) groups is 2. The summed E-state index contributed by atoms with van der Waals surface area (Å²) in [6.07, 6.45) is 1.83. The second-order valence-corrected chi connectivity index (χ2v) is 11.5. The number of nitrogens with zero attached hydrogens (tertiary/aromatic N) is 2. The Morgan fingerprint density at radius 2 is 1.74 bits per heavy atom. The zero-order chi connectivity index (χ0) is 25.6. The number of nitrogens with one attached hydrogen (secondary N) is 1. The van der Waals surface area contributed by atoms with Gasteiger partial charge in [-0.25, -0.2) is 8.42 Å². The molecule has 0 fully saturated rings. The highest BCUT2D eigenvalue weighted by molar-refractivity contribution is 9.10. The molecule has 2 aromatic carbocycles. The molecule has 2 atom stereocenters. The lowest BCUT2D eigenvalue weighted by molar-refractivity contribution is -0.139. The summed E-state index contributed by atoms with van der Waals surface area (Å²) in [6.45, 7) is 9.11. The van der Waals surface area contributed by atoms with E-state index >= 15 is 0 Å². The number of amides is 2. The first-order valence-electron chi connectivity index (χ1n) is 11.2. The van der Waals surface area contributed by atoms with E-state index in [1.807, 2.05) is 58.0 Å². The largest absolute Gasteiger partial charge is 0.352 e. The van der Waals surface area contributed by atoms with Crippen molar-refractivity contribution in [3.63, 3.8) is 0 Å². The predicted octanol–water partition coefficient (Wildman–Crippen LogP) is 4.16.